The van der Waals surface area contributed by atoms with Crippen LogP contribution < -0.4 is 0 Å². The predicted molar refractivity (Wildman–Crippen MR) is 217 cm³/mol. The SMILES string of the molecule is CC(C)(C)c1cc2ccc3c(-c4ccc(-c5ccccn5)cc4)cc(-c4cccc(-n5c6c(c7c5C=CCC7)CCC=C6)c4)c4ccc(c1)c2c34. The van der Waals surface area contributed by atoms with Gasteiger partial charge < -0.3 is 4.57 Å². The van der Waals surface area contributed by atoms with E-state index in [2.05, 4.69) is 158 Å². The molecule has 0 radical (unpaired) electrons. The lowest BCUT2D eigenvalue weighted by Gasteiger charge is -2.23. The van der Waals surface area contributed by atoms with E-state index in [0.29, 0.717) is 0 Å². The summed E-state index contributed by atoms with van der Waals surface area (Å²) in [4.78, 5) is 4.61. The highest BCUT2D eigenvalue weighted by Crippen LogP contribution is 2.46. The van der Waals surface area contributed by atoms with Crippen LogP contribution in [0, 0.1) is 0 Å². The average Bonchev–Trinajstić information content (AvgIpc) is 3.51. The molecule has 0 atom stereocenters. The number of hydrogen-bond donors (Lipinski definition) is 0. The average molecular weight is 657 g/mol. The van der Waals surface area contributed by atoms with Crippen molar-refractivity contribution in [1.29, 1.82) is 0 Å². The fourth-order valence-corrected chi connectivity index (χ4v) is 8.73. The molecule has 0 bridgehead atoms. The number of fused-ring (bicyclic) bond motifs is 3. The van der Waals surface area contributed by atoms with Crippen LogP contribution in [0.15, 0.2) is 128 Å². The van der Waals surface area contributed by atoms with E-state index in [1.54, 1.807) is 0 Å². The second-order valence-corrected chi connectivity index (χ2v) is 15.4. The Bertz CT molecular complexity index is 2640. The van der Waals surface area contributed by atoms with Crippen molar-refractivity contribution in [3.05, 3.63) is 156 Å². The number of rotatable bonds is 4. The first-order valence-electron chi connectivity index (χ1n) is 18.4. The second-order valence-electron chi connectivity index (χ2n) is 15.4. The Labute approximate surface area is 299 Å². The van der Waals surface area contributed by atoms with E-state index in [4.69, 9.17) is 0 Å². The van der Waals surface area contributed by atoms with Crippen LogP contribution in [-0.2, 0) is 18.3 Å². The summed E-state index contributed by atoms with van der Waals surface area (Å²) in [6.45, 7) is 6.92. The molecule has 6 aromatic carbocycles. The molecule has 0 saturated heterocycles. The molecule has 0 amide bonds. The van der Waals surface area contributed by atoms with E-state index in [0.717, 1.165) is 36.9 Å². The fraction of sp³-hybridized carbons (Fsp3) is 0.163. The van der Waals surface area contributed by atoms with Gasteiger partial charge in [0.1, 0.15) is 0 Å². The Morgan fingerprint density at radius 2 is 1.22 bits per heavy atom. The van der Waals surface area contributed by atoms with Crippen molar-refractivity contribution in [2.45, 2.75) is 51.9 Å². The van der Waals surface area contributed by atoms with Gasteiger partial charge in [0.25, 0.3) is 0 Å². The molecule has 0 N–H and O–H groups in total. The molecule has 0 aliphatic heterocycles. The Kier molecular flexibility index (Phi) is 6.73. The Morgan fingerprint density at radius 3 is 1.84 bits per heavy atom. The molecule has 0 fully saturated rings. The number of aromatic nitrogens is 2. The van der Waals surface area contributed by atoms with Crippen molar-refractivity contribution < 1.29 is 0 Å². The molecular weight excluding hydrogens is 617 g/mol. The maximum Gasteiger partial charge on any atom is 0.0701 e. The van der Waals surface area contributed by atoms with Crippen LogP contribution in [0.4, 0.5) is 0 Å². The lowest BCUT2D eigenvalue weighted by atomic mass is 9.81. The molecule has 10 rings (SSSR count). The number of hydrogen-bond acceptors (Lipinski definition) is 1. The first kappa shape index (κ1) is 30.1. The largest absolute Gasteiger partial charge is 0.310 e. The molecule has 2 nitrogen and oxygen atoms in total. The Morgan fingerprint density at radius 1 is 0.569 bits per heavy atom. The molecule has 8 aromatic rings. The second kappa shape index (κ2) is 11.4. The van der Waals surface area contributed by atoms with E-state index >= 15 is 0 Å². The maximum atomic E-state index is 4.61. The van der Waals surface area contributed by atoms with Crippen molar-refractivity contribution in [1.82, 2.24) is 9.55 Å². The molecule has 246 valence electrons. The van der Waals surface area contributed by atoms with E-state index < -0.39 is 0 Å². The zero-order chi connectivity index (χ0) is 34.3. The zero-order valence-corrected chi connectivity index (χ0v) is 29.5. The summed E-state index contributed by atoms with van der Waals surface area (Å²) in [5.74, 6) is 0. The first-order chi connectivity index (χ1) is 24.9. The minimum Gasteiger partial charge on any atom is -0.310 e. The van der Waals surface area contributed by atoms with Gasteiger partial charge in [-0.3, -0.25) is 4.98 Å². The van der Waals surface area contributed by atoms with Crippen LogP contribution >= 0.6 is 0 Å². The van der Waals surface area contributed by atoms with E-state index in [1.807, 2.05) is 12.3 Å². The van der Waals surface area contributed by atoms with Crippen LogP contribution in [0.1, 0.15) is 61.7 Å². The van der Waals surface area contributed by atoms with Crippen molar-refractivity contribution in [2.75, 3.05) is 0 Å². The highest BCUT2D eigenvalue weighted by atomic mass is 15.0. The lowest BCUT2D eigenvalue weighted by Crippen LogP contribution is -2.10. The van der Waals surface area contributed by atoms with Gasteiger partial charge in [-0.2, -0.15) is 0 Å². The normalized spacial score (nSPS) is 14.1. The molecule has 2 aliphatic carbocycles. The summed E-state index contributed by atoms with van der Waals surface area (Å²) in [6.07, 6.45) is 15.8. The highest BCUT2D eigenvalue weighted by molar-refractivity contribution is 6.28. The third-order valence-electron chi connectivity index (χ3n) is 11.3. The summed E-state index contributed by atoms with van der Waals surface area (Å²) in [5.41, 5.74) is 15.5. The quantitative estimate of drug-likeness (QED) is 0.172. The summed E-state index contributed by atoms with van der Waals surface area (Å²) in [7, 11) is 0. The molecule has 51 heavy (non-hydrogen) atoms. The standard InChI is InChI=1S/C49H40N2/c1-49(2,3)36-27-34-22-24-40-42(31-18-20-32(21-19-31)44-15-8-9-26-50-44)30-43(41-25-23-35(28-36)47(34)48(40)41)33-11-10-12-37(29-33)51-45-16-6-4-13-38(45)39-14-5-7-17-46(39)51/h6-12,15-30H,4-5,13-14H2,1-3H3. The van der Waals surface area contributed by atoms with Crippen LogP contribution in [0.5, 0.6) is 0 Å². The van der Waals surface area contributed by atoms with Crippen LogP contribution in [0.25, 0.3) is 83.7 Å². The monoisotopic (exact) mass is 656 g/mol. The molecule has 0 unspecified atom stereocenters. The molecule has 0 saturated carbocycles. The molecule has 0 spiro atoms. The van der Waals surface area contributed by atoms with Gasteiger partial charge in [0.15, 0.2) is 0 Å². The molecule has 2 heteroatoms. The van der Waals surface area contributed by atoms with Crippen molar-refractivity contribution in [3.63, 3.8) is 0 Å². The number of allylic oxidation sites excluding steroid dienone is 2. The van der Waals surface area contributed by atoms with E-state index in [9.17, 15) is 0 Å². The summed E-state index contributed by atoms with van der Waals surface area (Å²) >= 11 is 0. The van der Waals surface area contributed by atoms with Gasteiger partial charge in [-0.15, -0.1) is 0 Å². The maximum absolute atomic E-state index is 4.61. The highest BCUT2D eigenvalue weighted by Gasteiger charge is 2.24. The van der Waals surface area contributed by atoms with Gasteiger partial charge in [-0.25, -0.2) is 0 Å². The minimum atomic E-state index is 0.0673. The third-order valence-corrected chi connectivity index (χ3v) is 11.3. The number of benzene rings is 6. The smallest absolute Gasteiger partial charge is 0.0701 e. The van der Waals surface area contributed by atoms with Gasteiger partial charge in [0.05, 0.1) is 5.69 Å². The fourth-order valence-electron chi connectivity index (χ4n) is 8.73. The van der Waals surface area contributed by atoms with Crippen LogP contribution in [0.2, 0.25) is 0 Å². The summed E-state index contributed by atoms with van der Waals surface area (Å²) < 4.78 is 2.51. The van der Waals surface area contributed by atoms with Gasteiger partial charge in [-0.05, 0) is 145 Å². The zero-order valence-electron chi connectivity index (χ0n) is 29.5. The topological polar surface area (TPSA) is 17.8 Å². The van der Waals surface area contributed by atoms with Gasteiger partial charge in [0, 0.05) is 28.8 Å². The van der Waals surface area contributed by atoms with Crippen molar-refractivity contribution >= 4 is 44.5 Å². The number of pyridine rings is 1. The molecule has 2 aliphatic rings. The molecule has 2 aromatic heterocycles. The van der Waals surface area contributed by atoms with E-state index in [1.165, 1.54) is 88.3 Å². The summed E-state index contributed by atoms with van der Waals surface area (Å²) in [5, 5.41) is 7.91. The van der Waals surface area contributed by atoms with Crippen LogP contribution in [-0.4, -0.2) is 9.55 Å². The van der Waals surface area contributed by atoms with Crippen molar-refractivity contribution in [2.24, 2.45) is 0 Å². The van der Waals surface area contributed by atoms with Crippen molar-refractivity contribution in [3.8, 4) is 39.2 Å². The Balaban J connectivity index is 1.23. The lowest BCUT2D eigenvalue weighted by molar-refractivity contribution is 0.591. The first-order valence-corrected chi connectivity index (χ1v) is 18.4. The van der Waals surface area contributed by atoms with Gasteiger partial charge in [0.2, 0.25) is 0 Å². The molecule has 2 heterocycles. The van der Waals surface area contributed by atoms with E-state index in [-0.39, 0.29) is 5.41 Å². The predicted octanol–water partition coefficient (Wildman–Crippen LogP) is 13.0. The van der Waals surface area contributed by atoms with Gasteiger partial charge >= 0.3 is 0 Å². The minimum absolute atomic E-state index is 0.0673. The third kappa shape index (κ3) is 4.81. The molecular formula is C49H40N2. The van der Waals surface area contributed by atoms with Gasteiger partial charge in [-0.1, -0.05) is 112 Å². The van der Waals surface area contributed by atoms with Crippen LogP contribution in [0.3, 0.4) is 0 Å². The summed E-state index contributed by atoms with van der Waals surface area (Å²) in [6, 6.07) is 41.0. The Hall–Kier alpha value is -5.73. The number of nitrogens with zero attached hydrogens (tertiary/aromatic N) is 2.